The van der Waals surface area contributed by atoms with Gasteiger partial charge < -0.3 is 9.84 Å². The van der Waals surface area contributed by atoms with Crippen LogP contribution in [0.2, 0.25) is 0 Å². The Balaban J connectivity index is 2.39. The minimum atomic E-state index is -1.31. The molecule has 0 spiro atoms. The van der Waals surface area contributed by atoms with Gasteiger partial charge in [0.2, 0.25) is 0 Å². The number of carboxylic acids is 1. The van der Waals surface area contributed by atoms with Gasteiger partial charge in [0.15, 0.2) is 11.6 Å². The first-order valence-electron chi connectivity index (χ1n) is 5.49. The Morgan fingerprint density at radius 1 is 1.22 bits per heavy atom. The number of benzene rings is 1. The maximum atomic E-state index is 13.6. The molecule has 2 unspecified atom stereocenters. The lowest BCUT2D eigenvalue weighted by Crippen LogP contribution is -2.29. The maximum Gasteiger partial charge on any atom is 0.309 e. The fourth-order valence-corrected chi connectivity index (χ4v) is 2.10. The van der Waals surface area contributed by atoms with E-state index >= 15 is 0 Å². The smallest absolute Gasteiger partial charge is 0.309 e. The number of rotatable bonds is 2. The molecule has 0 radical (unpaired) electrons. The Hall–Kier alpha value is -1.56. The summed E-state index contributed by atoms with van der Waals surface area (Å²) < 4.78 is 44.7. The molecule has 1 aromatic carbocycles. The molecule has 0 bridgehead atoms. The van der Waals surface area contributed by atoms with E-state index in [9.17, 15) is 18.0 Å². The molecule has 0 aliphatic carbocycles. The summed E-state index contributed by atoms with van der Waals surface area (Å²) in [6.45, 7) is 0.271. The van der Waals surface area contributed by atoms with Crippen LogP contribution in [0.5, 0.6) is 0 Å². The number of carbonyl (C=O) groups is 1. The van der Waals surface area contributed by atoms with Crippen molar-refractivity contribution in [3.63, 3.8) is 0 Å². The van der Waals surface area contributed by atoms with Crippen LogP contribution < -0.4 is 0 Å². The number of ether oxygens (including phenoxy) is 1. The molecule has 6 heteroatoms. The second kappa shape index (κ2) is 4.97. The number of carboxylic acid groups (broad SMARTS) is 1. The van der Waals surface area contributed by atoms with Crippen molar-refractivity contribution in [2.75, 3.05) is 6.61 Å². The van der Waals surface area contributed by atoms with Gasteiger partial charge in [0.05, 0.1) is 12.0 Å². The maximum absolute atomic E-state index is 13.6. The summed E-state index contributed by atoms with van der Waals surface area (Å²) in [6, 6.07) is 1.07. The van der Waals surface area contributed by atoms with Gasteiger partial charge in [0.25, 0.3) is 0 Å². The van der Waals surface area contributed by atoms with Gasteiger partial charge in [0, 0.05) is 18.2 Å². The van der Waals surface area contributed by atoms with E-state index in [2.05, 4.69) is 0 Å². The molecular weight excluding hydrogens is 249 g/mol. The molecule has 2 atom stereocenters. The summed E-state index contributed by atoms with van der Waals surface area (Å²) in [5.41, 5.74) is -0.249. The summed E-state index contributed by atoms with van der Waals surface area (Å²) in [7, 11) is 0. The van der Waals surface area contributed by atoms with E-state index in [0.29, 0.717) is 25.0 Å². The van der Waals surface area contributed by atoms with Gasteiger partial charge in [-0.2, -0.15) is 0 Å². The molecule has 3 nitrogen and oxygen atoms in total. The van der Waals surface area contributed by atoms with Crippen LogP contribution in [-0.2, 0) is 9.53 Å². The lowest BCUT2D eigenvalue weighted by Gasteiger charge is -2.29. The van der Waals surface area contributed by atoms with Crippen molar-refractivity contribution in [2.24, 2.45) is 5.92 Å². The van der Waals surface area contributed by atoms with E-state index in [1.807, 2.05) is 0 Å². The van der Waals surface area contributed by atoms with Crippen molar-refractivity contribution in [1.29, 1.82) is 0 Å². The highest BCUT2D eigenvalue weighted by atomic mass is 19.2. The first-order chi connectivity index (χ1) is 8.50. The molecule has 2 rings (SSSR count). The van der Waals surface area contributed by atoms with Crippen LogP contribution in [0.15, 0.2) is 12.1 Å². The average molecular weight is 260 g/mol. The zero-order chi connectivity index (χ0) is 13.3. The van der Waals surface area contributed by atoms with Crippen LogP contribution in [0, 0.1) is 23.4 Å². The number of halogens is 3. The molecule has 1 heterocycles. The van der Waals surface area contributed by atoms with E-state index in [1.54, 1.807) is 0 Å². The highest BCUT2D eigenvalue weighted by molar-refractivity contribution is 5.71. The number of hydrogen-bond acceptors (Lipinski definition) is 2. The molecule has 1 fully saturated rings. The third kappa shape index (κ3) is 2.33. The molecule has 1 aliphatic heterocycles. The molecule has 0 aromatic heterocycles. The van der Waals surface area contributed by atoms with Gasteiger partial charge in [-0.1, -0.05) is 0 Å². The molecular formula is C12H11F3O3. The van der Waals surface area contributed by atoms with Gasteiger partial charge in [-0.05, 0) is 18.9 Å². The highest BCUT2D eigenvalue weighted by Gasteiger charge is 2.35. The quantitative estimate of drug-likeness (QED) is 0.831. The first kappa shape index (κ1) is 12.9. The fourth-order valence-electron chi connectivity index (χ4n) is 2.10. The van der Waals surface area contributed by atoms with Crippen LogP contribution in [0.25, 0.3) is 0 Å². The van der Waals surface area contributed by atoms with Crippen LogP contribution in [0.3, 0.4) is 0 Å². The molecule has 1 aromatic rings. The van der Waals surface area contributed by atoms with Crippen molar-refractivity contribution in [3.05, 3.63) is 35.1 Å². The summed E-state index contributed by atoms with van der Waals surface area (Å²) in [5.74, 6) is -5.60. The van der Waals surface area contributed by atoms with Gasteiger partial charge in [-0.3, -0.25) is 4.79 Å². The van der Waals surface area contributed by atoms with Crippen LogP contribution in [0.4, 0.5) is 13.2 Å². The standard InChI is InChI=1S/C12H11F3O3/c13-8-5-10(15)9(14)4-7(8)11-6(12(16)17)2-1-3-18-11/h4-6,11H,1-3H2,(H,16,17). The number of aliphatic carboxylic acids is 1. The minimum absolute atomic E-state index is 0.249. The normalized spacial score (nSPS) is 23.9. The van der Waals surface area contributed by atoms with Gasteiger partial charge in [-0.25, -0.2) is 13.2 Å². The van der Waals surface area contributed by atoms with Gasteiger partial charge in [-0.15, -0.1) is 0 Å². The van der Waals surface area contributed by atoms with Crippen molar-refractivity contribution in [3.8, 4) is 0 Å². The topological polar surface area (TPSA) is 46.5 Å². The van der Waals surface area contributed by atoms with Gasteiger partial charge in [0.1, 0.15) is 5.82 Å². The Morgan fingerprint density at radius 2 is 1.89 bits per heavy atom. The zero-order valence-electron chi connectivity index (χ0n) is 9.33. The monoisotopic (exact) mass is 260 g/mol. The lowest BCUT2D eigenvalue weighted by atomic mass is 9.89. The Morgan fingerprint density at radius 3 is 2.56 bits per heavy atom. The SMILES string of the molecule is O=C(O)C1CCCOC1c1cc(F)c(F)cc1F. The Kier molecular flexibility index (Phi) is 3.56. The second-order valence-electron chi connectivity index (χ2n) is 4.17. The Bertz CT molecular complexity index is 476. The lowest BCUT2D eigenvalue weighted by molar-refractivity contribution is -0.152. The minimum Gasteiger partial charge on any atom is -0.481 e. The average Bonchev–Trinajstić information content (AvgIpc) is 2.34. The van der Waals surface area contributed by atoms with Crippen molar-refractivity contribution < 1.29 is 27.8 Å². The summed E-state index contributed by atoms with van der Waals surface area (Å²) in [6.07, 6.45) is -0.219. The molecule has 1 aliphatic rings. The largest absolute Gasteiger partial charge is 0.481 e. The number of hydrogen-bond donors (Lipinski definition) is 1. The van der Waals surface area contributed by atoms with Gasteiger partial charge >= 0.3 is 5.97 Å². The Labute approximate surface area is 101 Å². The van der Waals surface area contributed by atoms with E-state index in [1.165, 1.54) is 0 Å². The predicted molar refractivity (Wildman–Crippen MR) is 55.4 cm³/mol. The zero-order valence-corrected chi connectivity index (χ0v) is 9.33. The highest BCUT2D eigenvalue weighted by Crippen LogP contribution is 2.35. The second-order valence-corrected chi connectivity index (χ2v) is 4.17. The summed E-state index contributed by atoms with van der Waals surface area (Å²) >= 11 is 0. The van der Waals surface area contributed by atoms with Crippen molar-refractivity contribution >= 4 is 5.97 Å². The summed E-state index contributed by atoms with van der Waals surface area (Å²) in [5, 5.41) is 9.01. The molecule has 18 heavy (non-hydrogen) atoms. The van der Waals surface area contributed by atoms with Crippen molar-refractivity contribution in [1.82, 2.24) is 0 Å². The fraction of sp³-hybridized carbons (Fsp3) is 0.417. The third-order valence-electron chi connectivity index (χ3n) is 2.99. The molecule has 0 saturated carbocycles. The van der Waals surface area contributed by atoms with E-state index in [-0.39, 0.29) is 12.2 Å². The van der Waals surface area contributed by atoms with Crippen molar-refractivity contribution in [2.45, 2.75) is 18.9 Å². The summed E-state index contributed by atoms with van der Waals surface area (Å²) in [4.78, 5) is 11.0. The molecule has 1 N–H and O–H groups in total. The first-order valence-corrected chi connectivity index (χ1v) is 5.49. The van der Waals surface area contributed by atoms with E-state index < -0.39 is 35.4 Å². The van der Waals surface area contributed by atoms with Crippen LogP contribution in [0.1, 0.15) is 24.5 Å². The van der Waals surface area contributed by atoms with Crippen LogP contribution in [-0.4, -0.2) is 17.7 Å². The molecule has 0 amide bonds. The van der Waals surface area contributed by atoms with E-state index in [4.69, 9.17) is 9.84 Å². The predicted octanol–water partition coefficient (Wildman–Crippen LogP) is 2.66. The molecule has 98 valence electrons. The molecule has 1 saturated heterocycles. The van der Waals surface area contributed by atoms with Crippen LogP contribution >= 0.6 is 0 Å². The van der Waals surface area contributed by atoms with E-state index in [0.717, 1.165) is 0 Å². The third-order valence-corrected chi connectivity index (χ3v) is 2.99.